The molecule has 25 heavy (non-hydrogen) atoms. The van der Waals surface area contributed by atoms with Crippen LogP contribution >= 0.6 is 11.6 Å². The molecule has 5 nitrogen and oxygen atoms in total. The van der Waals surface area contributed by atoms with Crippen molar-refractivity contribution in [2.45, 2.75) is 31.7 Å². The van der Waals surface area contributed by atoms with Gasteiger partial charge in [0.25, 0.3) is 5.92 Å². The number of alkyl halides is 2. The van der Waals surface area contributed by atoms with Gasteiger partial charge in [-0.15, -0.1) is 0 Å². The van der Waals surface area contributed by atoms with Crippen molar-refractivity contribution in [2.24, 2.45) is 5.92 Å². The van der Waals surface area contributed by atoms with Crippen molar-refractivity contribution in [3.05, 3.63) is 29.3 Å². The lowest BCUT2D eigenvalue weighted by molar-refractivity contribution is -0.138. The number of carbonyl (C=O) groups is 2. The van der Waals surface area contributed by atoms with Gasteiger partial charge >= 0.3 is 6.09 Å². The molecule has 2 fully saturated rings. The summed E-state index contributed by atoms with van der Waals surface area (Å²) < 4.78 is 33.4. The lowest BCUT2D eigenvalue weighted by atomic mass is 10.0. The lowest BCUT2D eigenvalue weighted by Crippen LogP contribution is -2.57. The first-order valence-electron chi connectivity index (χ1n) is 8.16. The van der Waals surface area contributed by atoms with Crippen molar-refractivity contribution in [1.82, 2.24) is 9.80 Å². The van der Waals surface area contributed by atoms with Crippen molar-refractivity contribution < 1.29 is 23.1 Å². The molecule has 0 aliphatic carbocycles. The highest BCUT2D eigenvalue weighted by Gasteiger charge is 2.47. The molecule has 2 amide bonds. The minimum atomic E-state index is -3.07. The van der Waals surface area contributed by atoms with Gasteiger partial charge in [-0.2, -0.15) is 0 Å². The van der Waals surface area contributed by atoms with Crippen LogP contribution in [0.4, 0.5) is 13.6 Å². The van der Waals surface area contributed by atoms with E-state index in [1.165, 1.54) is 11.0 Å². The number of hydrogen-bond donors (Lipinski definition) is 0. The number of ether oxygens (including phenoxy) is 1. The molecule has 1 aromatic carbocycles. The highest BCUT2D eigenvalue weighted by atomic mass is 35.5. The van der Waals surface area contributed by atoms with Gasteiger partial charge in [-0.25, -0.2) is 13.6 Å². The van der Waals surface area contributed by atoms with E-state index in [9.17, 15) is 18.4 Å². The summed E-state index contributed by atoms with van der Waals surface area (Å²) in [5.41, 5.74) is 0. The summed E-state index contributed by atoms with van der Waals surface area (Å²) in [6.07, 6.45) is -0.691. The number of nitrogens with zero attached hydrogens (tertiary/aromatic N) is 2. The van der Waals surface area contributed by atoms with Crippen molar-refractivity contribution >= 4 is 23.6 Å². The molecule has 2 atom stereocenters. The van der Waals surface area contributed by atoms with Crippen LogP contribution in [0.5, 0.6) is 5.75 Å². The minimum absolute atomic E-state index is 0.0251. The topological polar surface area (TPSA) is 49.9 Å². The van der Waals surface area contributed by atoms with E-state index >= 15 is 0 Å². The van der Waals surface area contributed by atoms with Crippen LogP contribution in [0.25, 0.3) is 0 Å². The van der Waals surface area contributed by atoms with Crippen LogP contribution in [0.1, 0.15) is 19.8 Å². The number of benzene rings is 1. The maximum atomic E-state index is 14.1. The molecule has 0 bridgehead atoms. The number of rotatable bonds is 2. The van der Waals surface area contributed by atoms with Crippen LogP contribution in [-0.4, -0.2) is 53.4 Å². The summed E-state index contributed by atoms with van der Waals surface area (Å²) in [5, 5.41) is 0.222. The number of likely N-dealkylation sites (tertiary alicyclic amines) is 2. The van der Waals surface area contributed by atoms with E-state index in [4.69, 9.17) is 16.3 Å². The SMILES string of the molecule is CC1CCN([C@H]2CN(C(=O)Oc3ccccc3Cl)CC(F)(F)C2)C1=O. The second-order valence-electron chi connectivity index (χ2n) is 6.61. The Labute approximate surface area is 149 Å². The number of amides is 2. The van der Waals surface area contributed by atoms with E-state index in [-0.39, 0.29) is 29.1 Å². The molecule has 0 aromatic heterocycles. The van der Waals surface area contributed by atoms with Crippen molar-refractivity contribution in [2.75, 3.05) is 19.6 Å². The van der Waals surface area contributed by atoms with Gasteiger partial charge in [-0.05, 0) is 18.6 Å². The molecular weight excluding hydrogens is 354 g/mol. The number of carbonyl (C=O) groups excluding carboxylic acids is 2. The number of piperidine rings is 1. The van der Waals surface area contributed by atoms with Gasteiger partial charge in [-0.3, -0.25) is 9.69 Å². The number of hydrogen-bond acceptors (Lipinski definition) is 3. The molecule has 136 valence electrons. The fourth-order valence-corrected chi connectivity index (χ4v) is 3.49. The molecule has 2 aliphatic rings. The van der Waals surface area contributed by atoms with Crippen molar-refractivity contribution in [3.63, 3.8) is 0 Å². The molecule has 0 saturated carbocycles. The molecule has 2 aliphatic heterocycles. The van der Waals surface area contributed by atoms with Gasteiger partial charge in [0.05, 0.1) is 17.6 Å². The Morgan fingerprint density at radius 2 is 2.08 bits per heavy atom. The third-order valence-electron chi connectivity index (χ3n) is 4.63. The predicted octanol–water partition coefficient (Wildman–Crippen LogP) is 3.42. The first-order chi connectivity index (χ1) is 11.8. The maximum absolute atomic E-state index is 14.1. The summed E-state index contributed by atoms with van der Waals surface area (Å²) in [6.45, 7) is 1.52. The maximum Gasteiger partial charge on any atom is 0.415 e. The quantitative estimate of drug-likeness (QED) is 0.799. The van der Waals surface area contributed by atoms with Gasteiger partial charge in [0, 0.05) is 25.4 Å². The summed E-state index contributed by atoms with van der Waals surface area (Å²) in [4.78, 5) is 26.9. The Morgan fingerprint density at radius 3 is 2.72 bits per heavy atom. The monoisotopic (exact) mass is 372 g/mol. The van der Waals surface area contributed by atoms with E-state index < -0.39 is 31.0 Å². The third-order valence-corrected chi connectivity index (χ3v) is 4.94. The Morgan fingerprint density at radius 1 is 1.36 bits per heavy atom. The van der Waals surface area contributed by atoms with Crippen LogP contribution in [0.2, 0.25) is 5.02 Å². The first-order valence-corrected chi connectivity index (χ1v) is 8.54. The van der Waals surface area contributed by atoms with E-state index in [1.807, 2.05) is 0 Å². The van der Waals surface area contributed by atoms with Gasteiger partial charge in [0.2, 0.25) is 5.91 Å². The van der Waals surface area contributed by atoms with E-state index in [0.717, 1.165) is 4.90 Å². The van der Waals surface area contributed by atoms with E-state index in [0.29, 0.717) is 13.0 Å². The van der Waals surface area contributed by atoms with Crippen LogP contribution in [0, 0.1) is 5.92 Å². The third kappa shape index (κ3) is 3.86. The molecule has 2 heterocycles. The van der Waals surface area contributed by atoms with E-state index in [2.05, 4.69) is 0 Å². The summed E-state index contributed by atoms with van der Waals surface area (Å²) in [5.74, 6) is -3.26. The fourth-order valence-electron chi connectivity index (χ4n) is 3.32. The van der Waals surface area contributed by atoms with E-state index in [1.54, 1.807) is 25.1 Å². The molecule has 2 saturated heterocycles. The first kappa shape index (κ1) is 17.9. The fraction of sp³-hybridized carbons (Fsp3) is 0.529. The molecule has 3 rings (SSSR count). The second kappa shape index (κ2) is 6.78. The smallest absolute Gasteiger partial charge is 0.409 e. The predicted molar refractivity (Wildman–Crippen MR) is 87.9 cm³/mol. The van der Waals surface area contributed by atoms with Gasteiger partial charge in [-0.1, -0.05) is 30.7 Å². The molecule has 8 heteroatoms. The average Bonchev–Trinajstić information content (AvgIpc) is 2.87. The van der Waals surface area contributed by atoms with Crippen LogP contribution in [0.15, 0.2) is 24.3 Å². The van der Waals surface area contributed by atoms with Crippen LogP contribution in [0.3, 0.4) is 0 Å². The largest absolute Gasteiger partial charge is 0.415 e. The standard InChI is InChI=1S/C17H19ClF2N2O3/c1-11-6-7-22(15(11)23)12-8-17(19,20)10-21(9-12)16(24)25-14-5-3-2-4-13(14)18/h2-5,11-12H,6-10H2,1H3/t11?,12-/m1/s1. The molecular formula is C17H19ClF2N2O3. The number of para-hydroxylation sites is 1. The summed E-state index contributed by atoms with van der Waals surface area (Å²) in [6, 6.07) is 5.63. The lowest BCUT2D eigenvalue weighted by Gasteiger charge is -2.40. The number of halogens is 3. The Bertz CT molecular complexity index is 686. The zero-order chi connectivity index (χ0) is 18.2. The Balaban J connectivity index is 1.73. The molecule has 1 aromatic rings. The molecule has 0 N–H and O–H groups in total. The van der Waals surface area contributed by atoms with Gasteiger partial charge in [0.1, 0.15) is 0 Å². The Kier molecular flexibility index (Phi) is 4.86. The molecule has 0 radical (unpaired) electrons. The van der Waals surface area contributed by atoms with Crippen molar-refractivity contribution in [3.8, 4) is 5.75 Å². The van der Waals surface area contributed by atoms with Crippen LogP contribution in [-0.2, 0) is 4.79 Å². The van der Waals surface area contributed by atoms with Gasteiger partial charge < -0.3 is 9.64 Å². The second-order valence-corrected chi connectivity index (χ2v) is 7.02. The highest BCUT2D eigenvalue weighted by molar-refractivity contribution is 6.32. The average molecular weight is 373 g/mol. The summed E-state index contributed by atoms with van der Waals surface area (Å²) in [7, 11) is 0. The molecule has 0 spiro atoms. The molecule has 1 unspecified atom stereocenters. The zero-order valence-electron chi connectivity index (χ0n) is 13.8. The Hall–Kier alpha value is -1.89. The van der Waals surface area contributed by atoms with Crippen molar-refractivity contribution in [1.29, 1.82) is 0 Å². The highest BCUT2D eigenvalue weighted by Crippen LogP contribution is 2.33. The summed E-state index contributed by atoms with van der Waals surface area (Å²) >= 11 is 5.93. The van der Waals surface area contributed by atoms with Crippen LogP contribution < -0.4 is 4.74 Å². The normalized spacial score (nSPS) is 26.0. The van der Waals surface area contributed by atoms with Gasteiger partial charge in [0.15, 0.2) is 5.75 Å². The minimum Gasteiger partial charge on any atom is -0.409 e. The zero-order valence-corrected chi connectivity index (χ0v) is 14.5.